The number of halogens is 2. The Labute approximate surface area is 236 Å². The Balaban J connectivity index is 1.65. The molecule has 1 aliphatic heterocycles. The van der Waals surface area contributed by atoms with Gasteiger partial charge in [0.1, 0.15) is 5.82 Å². The predicted molar refractivity (Wildman–Crippen MR) is 152 cm³/mol. The molecule has 2 aromatic carbocycles. The minimum absolute atomic E-state index is 0.177. The van der Waals surface area contributed by atoms with Crippen LogP contribution in [0.3, 0.4) is 0 Å². The van der Waals surface area contributed by atoms with Crippen LogP contribution in [0.1, 0.15) is 52.9 Å². The van der Waals surface area contributed by atoms with Crippen LogP contribution in [0.25, 0.3) is 17.3 Å². The fraction of sp³-hybridized carbons (Fsp3) is 0.200. The summed E-state index contributed by atoms with van der Waals surface area (Å²) < 4.78 is 15.3. The molecule has 2 N–H and O–H groups in total. The molecule has 40 heavy (non-hydrogen) atoms. The van der Waals surface area contributed by atoms with Crippen LogP contribution in [0, 0.1) is 5.82 Å². The Morgan fingerprint density at radius 3 is 2.50 bits per heavy atom. The maximum absolute atomic E-state index is 13.7. The summed E-state index contributed by atoms with van der Waals surface area (Å²) in [5, 5.41) is 11.2. The van der Waals surface area contributed by atoms with Gasteiger partial charge in [-0.2, -0.15) is 5.10 Å². The summed E-state index contributed by atoms with van der Waals surface area (Å²) in [5.41, 5.74) is 4.41. The standard InChI is InChI=1S/C30H28ClFN6O2/c1-3-33-30(40)37-17-21(16-20-7-11-23(32)12-8-20)28-25(18-37)27(36-38(28)24-13-9-22(31)10-14-24)29(39)35-19(2)26-6-4-5-15-34-26/h4-16,19H,3,17-18H2,1-2H3,(H,33,40)(H,35,39). The van der Waals surface area contributed by atoms with Crippen LogP contribution in [0.2, 0.25) is 5.02 Å². The predicted octanol–water partition coefficient (Wildman–Crippen LogP) is 5.64. The molecule has 3 amide bonds. The molecule has 204 valence electrons. The van der Waals surface area contributed by atoms with Crippen molar-refractivity contribution >= 4 is 35.2 Å². The van der Waals surface area contributed by atoms with Crippen LogP contribution in [-0.2, 0) is 6.54 Å². The zero-order valence-corrected chi connectivity index (χ0v) is 22.8. The third-order valence-corrected chi connectivity index (χ3v) is 6.84. The Morgan fingerprint density at radius 1 is 1.07 bits per heavy atom. The zero-order valence-electron chi connectivity index (χ0n) is 22.1. The third-order valence-electron chi connectivity index (χ3n) is 6.59. The second-order valence-corrected chi connectivity index (χ2v) is 9.86. The zero-order chi connectivity index (χ0) is 28.2. The monoisotopic (exact) mass is 558 g/mol. The lowest BCUT2D eigenvalue weighted by molar-refractivity contribution is 0.0931. The van der Waals surface area contributed by atoms with Gasteiger partial charge in [-0.3, -0.25) is 9.78 Å². The fourth-order valence-electron chi connectivity index (χ4n) is 4.66. The first-order valence-electron chi connectivity index (χ1n) is 12.9. The van der Waals surface area contributed by atoms with Gasteiger partial charge in [-0.05, 0) is 79.6 Å². The first-order chi connectivity index (χ1) is 19.3. The van der Waals surface area contributed by atoms with Crippen molar-refractivity contribution in [2.75, 3.05) is 13.1 Å². The van der Waals surface area contributed by atoms with Crippen molar-refractivity contribution in [1.29, 1.82) is 0 Å². The van der Waals surface area contributed by atoms with E-state index in [1.54, 1.807) is 40.0 Å². The molecule has 10 heteroatoms. The molecule has 0 radical (unpaired) electrons. The van der Waals surface area contributed by atoms with Crippen molar-refractivity contribution in [3.05, 3.63) is 112 Å². The van der Waals surface area contributed by atoms with Gasteiger partial charge >= 0.3 is 6.03 Å². The molecule has 3 heterocycles. The lowest BCUT2D eigenvalue weighted by Crippen LogP contribution is -2.42. The van der Waals surface area contributed by atoms with E-state index in [0.717, 1.165) is 11.1 Å². The van der Waals surface area contributed by atoms with E-state index in [1.165, 1.54) is 12.1 Å². The van der Waals surface area contributed by atoms with Gasteiger partial charge in [-0.1, -0.05) is 29.8 Å². The van der Waals surface area contributed by atoms with E-state index < -0.39 is 0 Å². The average Bonchev–Trinajstić information content (AvgIpc) is 3.35. The smallest absolute Gasteiger partial charge is 0.317 e. The minimum Gasteiger partial charge on any atom is -0.343 e. The van der Waals surface area contributed by atoms with E-state index in [2.05, 4.69) is 15.6 Å². The largest absolute Gasteiger partial charge is 0.343 e. The quantitative estimate of drug-likeness (QED) is 0.320. The Bertz CT molecular complexity index is 1550. The van der Waals surface area contributed by atoms with Crippen LogP contribution in [0.15, 0.2) is 72.9 Å². The summed E-state index contributed by atoms with van der Waals surface area (Å²) in [4.78, 5) is 32.7. The summed E-state index contributed by atoms with van der Waals surface area (Å²) in [5.74, 6) is -0.733. The second kappa shape index (κ2) is 11.7. The third kappa shape index (κ3) is 5.74. The van der Waals surface area contributed by atoms with E-state index in [4.69, 9.17) is 16.7 Å². The molecule has 1 unspecified atom stereocenters. The summed E-state index contributed by atoms with van der Waals surface area (Å²) in [6.07, 6.45) is 3.56. The van der Waals surface area contributed by atoms with Gasteiger partial charge < -0.3 is 15.5 Å². The number of urea groups is 1. The van der Waals surface area contributed by atoms with Crippen LogP contribution in [-0.4, -0.2) is 44.7 Å². The van der Waals surface area contributed by atoms with Gasteiger partial charge in [0.2, 0.25) is 0 Å². The Kier molecular flexibility index (Phi) is 7.93. The lowest BCUT2D eigenvalue weighted by Gasteiger charge is -2.30. The second-order valence-electron chi connectivity index (χ2n) is 9.43. The molecule has 5 rings (SSSR count). The van der Waals surface area contributed by atoms with Crippen LogP contribution < -0.4 is 10.6 Å². The number of pyridine rings is 1. The molecular formula is C30H28ClFN6O2. The maximum atomic E-state index is 13.7. The van der Waals surface area contributed by atoms with Crippen molar-refractivity contribution in [1.82, 2.24) is 30.3 Å². The van der Waals surface area contributed by atoms with E-state index in [9.17, 15) is 14.0 Å². The average molecular weight is 559 g/mol. The minimum atomic E-state index is -0.388. The Hall–Kier alpha value is -4.50. The highest BCUT2D eigenvalue weighted by atomic mass is 35.5. The molecule has 0 fully saturated rings. The number of amides is 3. The molecule has 0 aliphatic carbocycles. The van der Waals surface area contributed by atoms with Gasteiger partial charge in [0.25, 0.3) is 5.91 Å². The molecular weight excluding hydrogens is 531 g/mol. The van der Waals surface area contributed by atoms with E-state index >= 15 is 0 Å². The summed E-state index contributed by atoms with van der Waals surface area (Å²) in [7, 11) is 0. The number of aromatic nitrogens is 3. The number of fused-ring (bicyclic) bond motifs is 1. The summed E-state index contributed by atoms with van der Waals surface area (Å²) in [6, 6.07) is 18.1. The first kappa shape index (κ1) is 27.1. The maximum Gasteiger partial charge on any atom is 0.317 e. The van der Waals surface area contributed by atoms with E-state index in [-0.39, 0.29) is 42.6 Å². The van der Waals surface area contributed by atoms with Crippen LogP contribution >= 0.6 is 11.6 Å². The molecule has 0 saturated heterocycles. The van der Waals surface area contributed by atoms with Crippen LogP contribution in [0.4, 0.5) is 9.18 Å². The molecule has 8 nitrogen and oxygen atoms in total. The highest BCUT2D eigenvalue weighted by Gasteiger charge is 2.34. The normalized spacial score (nSPS) is 14.5. The number of carbonyl (C=O) groups excluding carboxylic acids is 2. The molecule has 0 spiro atoms. The van der Waals surface area contributed by atoms with Crippen molar-refractivity contribution in [2.45, 2.75) is 26.4 Å². The number of hydrogen-bond acceptors (Lipinski definition) is 4. The van der Waals surface area contributed by atoms with Gasteiger partial charge in [0.05, 0.1) is 29.7 Å². The van der Waals surface area contributed by atoms with Gasteiger partial charge in [0.15, 0.2) is 5.69 Å². The Morgan fingerprint density at radius 2 is 1.82 bits per heavy atom. The lowest BCUT2D eigenvalue weighted by atomic mass is 9.97. The van der Waals surface area contributed by atoms with Gasteiger partial charge in [-0.15, -0.1) is 0 Å². The molecule has 1 atom stereocenters. The first-order valence-corrected chi connectivity index (χ1v) is 13.3. The van der Waals surface area contributed by atoms with E-state index in [0.29, 0.717) is 34.2 Å². The molecule has 0 saturated carbocycles. The highest BCUT2D eigenvalue weighted by Crippen LogP contribution is 2.34. The van der Waals surface area contributed by atoms with Crippen LogP contribution in [0.5, 0.6) is 0 Å². The molecule has 4 aromatic rings. The molecule has 0 bridgehead atoms. The van der Waals surface area contributed by atoms with Crippen molar-refractivity contribution in [2.24, 2.45) is 0 Å². The molecule has 1 aliphatic rings. The number of benzene rings is 2. The number of nitrogens with one attached hydrogen (secondary N) is 2. The number of rotatable bonds is 6. The van der Waals surface area contributed by atoms with Crippen molar-refractivity contribution in [3.8, 4) is 5.69 Å². The number of nitrogens with zero attached hydrogens (tertiary/aromatic N) is 4. The SMILES string of the molecule is CCNC(=O)N1CC(=Cc2ccc(F)cc2)c2c(c(C(=O)NC(C)c3ccccn3)nn2-c2ccc(Cl)cc2)C1. The number of hydrogen-bond donors (Lipinski definition) is 2. The summed E-state index contributed by atoms with van der Waals surface area (Å²) >= 11 is 6.15. The van der Waals surface area contributed by atoms with Gasteiger partial charge in [0, 0.05) is 29.9 Å². The number of carbonyl (C=O) groups is 2. The summed E-state index contributed by atoms with van der Waals surface area (Å²) in [6.45, 7) is 4.60. The van der Waals surface area contributed by atoms with Gasteiger partial charge in [-0.25, -0.2) is 13.9 Å². The van der Waals surface area contributed by atoms with E-state index in [1.807, 2.05) is 50.3 Å². The van der Waals surface area contributed by atoms with Crippen molar-refractivity contribution in [3.63, 3.8) is 0 Å². The van der Waals surface area contributed by atoms with Crippen molar-refractivity contribution < 1.29 is 14.0 Å². The molecule has 2 aromatic heterocycles. The fourth-order valence-corrected chi connectivity index (χ4v) is 4.79. The highest BCUT2D eigenvalue weighted by molar-refractivity contribution is 6.30. The topological polar surface area (TPSA) is 92.2 Å².